The van der Waals surface area contributed by atoms with Crippen molar-refractivity contribution in [2.75, 3.05) is 0 Å². The molecule has 2 nitrogen and oxygen atoms in total. The number of aromatic nitrogens is 2. The van der Waals surface area contributed by atoms with Crippen molar-refractivity contribution in [1.29, 1.82) is 0 Å². The van der Waals surface area contributed by atoms with Gasteiger partial charge in [-0.2, -0.15) is 0 Å². The third-order valence-electron chi connectivity index (χ3n) is 14.5. The van der Waals surface area contributed by atoms with Gasteiger partial charge in [-0.1, -0.05) is 194 Å². The molecule has 14 aromatic rings. The molecule has 0 radical (unpaired) electrons. The molecule has 0 fully saturated rings. The van der Waals surface area contributed by atoms with Crippen molar-refractivity contribution in [1.82, 2.24) is 9.97 Å². The lowest BCUT2D eigenvalue weighted by atomic mass is 9.91. The minimum atomic E-state index is 0.915. The first-order chi connectivity index (χ1) is 34.6. The van der Waals surface area contributed by atoms with E-state index in [4.69, 9.17) is 9.97 Å². The number of benzene rings is 13. The van der Waals surface area contributed by atoms with Gasteiger partial charge < -0.3 is 0 Å². The fraction of sp³-hybridized carbons (Fsp3) is 0. The molecule has 0 atom stereocenters. The molecule has 0 saturated heterocycles. The second-order valence-electron chi connectivity index (χ2n) is 18.5. The van der Waals surface area contributed by atoms with Gasteiger partial charge in [-0.3, -0.25) is 9.97 Å². The number of nitrogens with zero attached hydrogens (tertiary/aromatic N) is 2. The van der Waals surface area contributed by atoms with E-state index < -0.39 is 0 Å². The maximum Gasteiger partial charge on any atom is 0.0971 e. The SMILES string of the molecule is c1cc(-c2cccc(-c3ccc4c(c3)c3cc(-c5cccc(-c6cccc(-c7ccc8ccc9ccccc9c8c7)c6)c5)ccc3c3nccnc43)c2)cc(-c2ccc3ccc4ccccc4c3c2)c1. The Morgan fingerprint density at radius 2 is 0.443 bits per heavy atom. The van der Waals surface area contributed by atoms with Crippen LogP contribution >= 0.6 is 0 Å². The van der Waals surface area contributed by atoms with Crippen LogP contribution in [0.15, 0.2) is 255 Å². The van der Waals surface area contributed by atoms with Gasteiger partial charge in [0.25, 0.3) is 0 Å². The molecule has 0 bridgehead atoms. The fourth-order valence-corrected chi connectivity index (χ4v) is 10.9. The van der Waals surface area contributed by atoms with Crippen LogP contribution in [0.25, 0.3) is 142 Å². The summed E-state index contributed by atoms with van der Waals surface area (Å²) in [6, 6.07) is 89.3. The van der Waals surface area contributed by atoms with Crippen molar-refractivity contribution in [2.45, 2.75) is 0 Å². The van der Waals surface area contributed by atoms with E-state index in [2.05, 4.69) is 243 Å². The van der Waals surface area contributed by atoms with Gasteiger partial charge in [-0.25, -0.2) is 0 Å². The molecular formula is C68H42N2. The van der Waals surface area contributed by atoms with Crippen LogP contribution in [0, 0.1) is 0 Å². The molecule has 0 unspecified atom stereocenters. The van der Waals surface area contributed by atoms with Gasteiger partial charge in [0.1, 0.15) is 0 Å². The Morgan fingerprint density at radius 3 is 0.800 bits per heavy atom. The van der Waals surface area contributed by atoms with Gasteiger partial charge in [-0.05, 0) is 169 Å². The largest absolute Gasteiger partial charge is 0.252 e. The smallest absolute Gasteiger partial charge is 0.0971 e. The minimum absolute atomic E-state index is 0.915. The Bertz CT molecular complexity index is 4150. The molecule has 2 heteroatoms. The average Bonchev–Trinajstić information content (AvgIpc) is 3.44. The van der Waals surface area contributed by atoms with Gasteiger partial charge in [0, 0.05) is 23.2 Å². The van der Waals surface area contributed by atoms with Crippen molar-refractivity contribution >= 4 is 75.7 Å². The van der Waals surface area contributed by atoms with Crippen molar-refractivity contribution in [3.05, 3.63) is 255 Å². The number of hydrogen-bond acceptors (Lipinski definition) is 2. The number of fused-ring (bicyclic) bond motifs is 12. The summed E-state index contributed by atoms with van der Waals surface area (Å²) in [6.07, 6.45) is 3.60. The monoisotopic (exact) mass is 886 g/mol. The fourth-order valence-electron chi connectivity index (χ4n) is 10.9. The zero-order valence-electron chi connectivity index (χ0n) is 38.1. The van der Waals surface area contributed by atoms with E-state index in [1.165, 1.54) is 87.6 Å². The first-order valence-electron chi connectivity index (χ1n) is 24.0. The third-order valence-corrected chi connectivity index (χ3v) is 14.5. The highest BCUT2D eigenvalue weighted by Crippen LogP contribution is 2.40. The van der Waals surface area contributed by atoms with E-state index >= 15 is 0 Å². The maximum absolute atomic E-state index is 4.90. The minimum Gasteiger partial charge on any atom is -0.252 e. The van der Waals surface area contributed by atoms with Crippen LogP contribution in [0.2, 0.25) is 0 Å². The van der Waals surface area contributed by atoms with Crippen LogP contribution in [0.1, 0.15) is 0 Å². The van der Waals surface area contributed by atoms with Gasteiger partial charge in [-0.15, -0.1) is 0 Å². The van der Waals surface area contributed by atoms with Crippen LogP contribution in [-0.4, -0.2) is 9.97 Å². The molecule has 0 N–H and O–H groups in total. The van der Waals surface area contributed by atoms with Crippen molar-refractivity contribution in [3.8, 4) is 66.8 Å². The first-order valence-corrected chi connectivity index (χ1v) is 24.0. The third kappa shape index (κ3) is 6.80. The summed E-state index contributed by atoms with van der Waals surface area (Å²) in [4.78, 5) is 9.80. The first kappa shape index (κ1) is 39.9. The highest BCUT2D eigenvalue weighted by molar-refractivity contribution is 6.24. The lowest BCUT2D eigenvalue weighted by Crippen LogP contribution is -1.90. The highest BCUT2D eigenvalue weighted by Gasteiger charge is 2.15. The Kier molecular flexibility index (Phi) is 9.25. The zero-order chi connectivity index (χ0) is 46.1. The molecule has 70 heavy (non-hydrogen) atoms. The molecule has 14 rings (SSSR count). The maximum atomic E-state index is 4.90. The lowest BCUT2D eigenvalue weighted by molar-refractivity contribution is 1.31. The quantitative estimate of drug-likeness (QED) is 0.156. The van der Waals surface area contributed by atoms with Crippen LogP contribution in [0.3, 0.4) is 0 Å². The van der Waals surface area contributed by atoms with E-state index in [9.17, 15) is 0 Å². The summed E-state index contributed by atoms with van der Waals surface area (Å²) in [5, 5.41) is 14.6. The van der Waals surface area contributed by atoms with Gasteiger partial charge in [0.15, 0.2) is 0 Å². The molecular weight excluding hydrogens is 845 g/mol. The van der Waals surface area contributed by atoms with Crippen LogP contribution < -0.4 is 0 Å². The molecule has 0 amide bonds. The molecule has 0 aliphatic carbocycles. The summed E-state index contributed by atoms with van der Waals surface area (Å²) in [6.45, 7) is 0. The predicted octanol–water partition coefficient (Wildman–Crippen LogP) is 18.6. The molecule has 1 heterocycles. The Balaban J connectivity index is 0.829. The average molecular weight is 887 g/mol. The van der Waals surface area contributed by atoms with Crippen LogP contribution in [0.5, 0.6) is 0 Å². The van der Waals surface area contributed by atoms with Crippen molar-refractivity contribution in [2.24, 2.45) is 0 Å². The van der Waals surface area contributed by atoms with E-state index in [1.54, 1.807) is 12.4 Å². The molecule has 13 aromatic carbocycles. The topological polar surface area (TPSA) is 25.8 Å². The second kappa shape index (κ2) is 16.2. The zero-order valence-corrected chi connectivity index (χ0v) is 38.1. The van der Waals surface area contributed by atoms with Crippen molar-refractivity contribution < 1.29 is 0 Å². The molecule has 324 valence electrons. The van der Waals surface area contributed by atoms with Crippen LogP contribution in [-0.2, 0) is 0 Å². The molecule has 1 aromatic heterocycles. The van der Waals surface area contributed by atoms with Crippen molar-refractivity contribution in [3.63, 3.8) is 0 Å². The summed E-state index contributed by atoms with van der Waals surface area (Å²) >= 11 is 0. The van der Waals surface area contributed by atoms with E-state index in [0.29, 0.717) is 0 Å². The molecule has 0 aliphatic rings. The Morgan fingerprint density at radius 1 is 0.171 bits per heavy atom. The number of hydrogen-bond donors (Lipinski definition) is 0. The molecule has 0 aliphatic heterocycles. The van der Waals surface area contributed by atoms with E-state index in [0.717, 1.165) is 54.8 Å². The summed E-state index contributed by atoms with van der Waals surface area (Å²) in [7, 11) is 0. The standard InChI is InChI=1S/C68H42N2/c1-3-19-59-43(9-1)21-23-45-25-27-55(39-63(45)59)51-15-5-11-47(35-51)49-13-7-17-53(37-49)57-29-31-61-65(41-57)66-42-58(30-32-62(66)68-67(61)69-33-34-70-68)54-18-8-14-50(38-54)48-12-6-16-52(36-48)56-28-26-46-24-22-44-10-2-4-20-60(44)64(46)40-56/h1-42H. The van der Waals surface area contributed by atoms with Gasteiger partial charge in [0.05, 0.1) is 11.0 Å². The second-order valence-corrected chi connectivity index (χ2v) is 18.5. The van der Waals surface area contributed by atoms with Crippen LogP contribution in [0.4, 0.5) is 0 Å². The lowest BCUT2D eigenvalue weighted by Gasteiger charge is -2.14. The molecule has 0 saturated carbocycles. The Labute approximate surface area is 405 Å². The van der Waals surface area contributed by atoms with Gasteiger partial charge >= 0.3 is 0 Å². The number of rotatable bonds is 6. The summed E-state index contributed by atoms with van der Waals surface area (Å²) < 4.78 is 0. The van der Waals surface area contributed by atoms with E-state index in [1.807, 2.05) is 0 Å². The highest BCUT2D eigenvalue weighted by atomic mass is 14.8. The summed E-state index contributed by atoms with van der Waals surface area (Å²) in [5.74, 6) is 0. The summed E-state index contributed by atoms with van der Waals surface area (Å²) in [5.41, 5.74) is 16.0. The normalized spacial score (nSPS) is 11.7. The van der Waals surface area contributed by atoms with E-state index in [-0.39, 0.29) is 0 Å². The Hall–Kier alpha value is -9.24. The van der Waals surface area contributed by atoms with Gasteiger partial charge in [0.2, 0.25) is 0 Å². The predicted molar refractivity (Wildman–Crippen MR) is 297 cm³/mol. The molecule has 0 spiro atoms.